The number of hydrogen-bond acceptors (Lipinski definition) is 7. The Kier molecular flexibility index (Phi) is 6.96. The van der Waals surface area contributed by atoms with Crippen LogP contribution in [0.2, 0.25) is 0 Å². The van der Waals surface area contributed by atoms with Crippen LogP contribution in [0, 0.1) is 5.82 Å². The first-order valence-electron chi connectivity index (χ1n) is 8.42. The Morgan fingerprint density at radius 2 is 1.83 bits per heavy atom. The third-order valence-corrected chi connectivity index (χ3v) is 7.29. The molecule has 2 N–H and O–H groups in total. The van der Waals surface area contributed by atoms with Crippen molar-refractivity contribution in [2.75, 3.05) is 5.32 Å². The van der Waals surface area contributed by atoms with Crippen molar-refractivity contribution in [3.63, 3.8) is 0 Å². The Balaban J connectivity index is 1.54. The molecule has 0 aliphatic carbocycles. The molecule has 2 aromatic carbocycles. The summed E-state index contributed by atoms with van der Waals surface area (Å²) in [5.74, 6) is -0.261. The number of rotatable bonds is 8. The van der Waals surface area contributed by atoms with Gasteiger partial charge in [-0.2, -0.15) is 4.72 Å². The zero-order valence-electron chi connectivity index (χ0n) is 15.2. The van der Waals surface area contributed by atoms with Crippen molar-refractivity contribution < 1.29 is 17.6 Å². The van der Waals surface area contributed by atoms with E-state index in [0.717, 1.165) is 5.56 Å². The summed E-state index contributed by atoms with van der Waals surface area (Å²) < 4.78 is 40.5. The summed E-state index contributed by atoms with van der Waals surface area (Å²) in [5, 5.41) is 10.7. The van der Waals surface area contributed by atoms with Gasteiger partial charge in [-0.25, -0.2) is 12.8 Å². The number of sulfonamides is 1. The van der Waals surface area contributed by atoms with Crippen LogP contribution in [0.15, 0.2) is 63.8 Å². The molecule has 0 unspecified atom stereocenters. The van der Waals surface area contributed by atoms with E-state index in [9.17, 15) is 17.6 Å². The number of carbonyl (C=O) groups excluding carboxylic acids is 1. The second kappa shape index (κ2) is 9.44. The Hall–Kier alpha value is -2.34. The predicted octanol–water partition coefficient (Wildman–Crippen LogP) is 3.28. The highest BCUT2D eigenvalue weighted by Crippen LogP contribution is 2.28. The van der Waals surface area contributed by atoms with Crippen LogP contribution >= 0.6 is 23.1 Å². The first-order chi connectivity index (χ1) is 13.8. The van der Waals surface area contributed by atoms with Crippen molar-refractivity contribution in [1.29, 1.82) is 0 Å². The number of benzene rings is 2. The zero-order chi connectivity index (χ0) is 20.9. The Labute approximate surface area is 175 Å². The largest absolute Gasteiger partial charge is 0.299 e. The standard InChI is InChI=1S/C18H17FN4O3S3/c1-12(23-29(25,26)15-5-3-2-4-6-15)16(24)20-17-21-22-18(28-17)27-11-13-7-9-14(19)10-8-13/h2-10,12,23H,11H2,1H3,(H,20,21,24)/t12-/m1/s1. The van der Waals surface area contributed by atoms with Crippen LogP contribution in [0.1, 0.15) is 12.5 Å². The number of thioether (sulfide) groups is 1. The minimum Gasteiger partial charge on any atom is -0.299 e. The number of nitrogens with one attached hydrogen (secondary N) is 2. The first-order valence-corrected chi connectivity index (χ1v) is 11.7. The molecule has 0 aliphatic heterocycles. The van der Waals surface area contributed by atoms with E-state index in [1.54, 1.807) is 30.3 Å². The molecule has 0 fully saturated rings. The molecule has 0 radical (unpaired) electrons. The fourth-order valence-corrected chi connectivity index (χ4v) is 5.15. The maximum absolute atomic E-state index is 12.9. The van der Waals surface area contributed by atoms with E-state index >= 15 is 0 Å². The quantitative estimate of drug-likeness (QED) is 0.402. The molecule has 0 saturated carbocycles. The molecule has 11 heteroatoms. The molecule has 152 valence electrons. The number of amides is 1. The highest BCUT2D eigenvalue weighted by molar-refractivity contribution is 8.00. The van der Waals surface area contributed by atoms with E-state index in [0.29, 0.717) is 10.1 Å². The molecule has 3 rings (SSSR count). The highest BCUT2D eigenvalue weighted by Gasteiger charge is 2.22. The smallest absolute Gasteiger partial charge is 0.244 e. The second-order valence-corrected chi connectivity index (χ2v) is 9.85. The number of anilines is 1. The summed E-state index contributed by atoms with van der Waals surface area (Å²) in [6, 6.07) is 13.0. The summed E-state index contributed by atoms with van der Waals surface area (Å²) in [5.41, 5.74) is 0.932. The van der Waals surface area contributed by atoms with Gasteiger partial charge in [-0.1, -0.05) is 53.4 Å². The lowest BCUT2D eigenvalue weighted by Gasteiger charge is -2.13. The van der Waals surface area contributed by atoms with Crippen LogP contribution in [0.5, 0.6) is 0 Å². The molecule has 0 aliphatic rings. The second-order valence-electron chi connectivity index (χ2n) is 5.93. The van der Waals surface area contributed by atoms with Gasteiger partial charge in [0.15, 0.2) is 4.34 Å². The van der Waals surface area contributed by atoms with E-state index in [-0.39, 0.29) is 15.8 Å². The summed E-state index contributed by atoms with van der Waals surface area (Å²) in [7, 11) is -3.81. The van der Waals surface area contributed by atoms with Crippen LogP contribution < -0.4 is 10.0 Å². The summed E-state index contributed by atoms with van der Waals surface area (Å²) in [4.78, 5) is 12.4. The summed E-state index contributed by atoms with van der Waals surface area (Å²) in [6.45, 7) is 1.45. The average Bonchev–Trinajstić information content (AvgIpc) is 3.15. The van der Waals surface area contributed by atoms with Gasteiger partial charge < -0.3 is 0 Å². The molecule has 1 heterocycles. The van der Waals surface area contributed by atoms with E-state index in [4.69, 9.17) is 0 Å². The van der Waals surface area contributed by atoms with Crippen LogP contribution in [0.4, 0.5) is 9.52 Å². The van der Waals surface area contributed by atoms with Crippen LogP contribution in [-0.4, -0.2) is 30.6 Å². The molecule has 1 aromatic heterocycles. The maximum Gasteiger partial charge on any atom is 0.244 e. The van der Waals surface area contributed by atoms with Gasteiger partial charge in [-0.3, -0.25) is 10.1 Å². The fourth-order valence-electron chi connectivity index (χ4n) is 2.21. The normalized spacial score (nSPS) is 12.5. The molecule has 0 saturated heterocycles. The molecule has 29 heavy (non-hydrogen) atoms. The van der Waals surface area contributed by atoms with Gasteiger partial charge in [0, 0.05) is 5.75 Å². The number of hydrogen-bond donors (Lipinski definition) is 2. The lowest BCUT2D eigenvalue weighted by atomic mass is 10.2. The maximum atomic E-state index is 12.9. The predicted molar refractivity (Wildman–Crippen MR) is 111 cm³/mol. The molecule has 0 spiro atoms. The molecular weight excluding hydrogens is 435 g/mol. The first kappa shape index (κ1) is 21.4. The minimum absolute atomic E-state index is 0.0787. The minimum atomic E-state index is -3.81. The number of aromatic nitrogens is 2. The Morgan fingerprint density at radius 3 is 2.52 bits per heavy atom. The molecule has 1 atom stereocenters. The van der Waals surface area contributed by atoms with Gasteiger partial charge in [0.1, 0.15) is 5.82 Å². The zero-order valence-corrected chi connectivity index (χ0v) is 17.7. The van der Waals surface area contributed by atoms with Crippen LogP contribution in [0.3, 0.4) is 0 Å². The van der Waals surface area contributed by atoms with Crippen LogP contribution in [-0.2, 0) is 20.6 Å². The number of carbonyl (C=O) groups is 1. The number of nitrogens with zero attached hydrogens (tertiary/aromatic N) is 2. The molecule has 0 bridgehead atoms. The van der Waals surface area contributed by atoms with E-state index < -0.39 is 22.0 Å². The average molecular weight is 453 g/mol. The third-order valence-electron chi connectivity index (χ3n) is 3.69. The monoisotopic (exact) mass is 452 g/mol. The Bertz CT molecular complexity index is 1070. The van der Waals surface area contributed by atoms with Crippen molar-refractivity contribution in [3.8, 4) is 0 Å². The van der Waals surface area contributed by atoms with Crippen LogP contribution in [0.25, 0.3) is 0 Å². The third kappa shape index (κ3) is 6.07. The van der Waals surface area contributed by atoms with Crippen molar-refractivity contribution in [2.45, 2.75) is 28.0 Å². The summed E-state index contributed by atoms with van der Waals surface area (Å²) >= 11 is 2.58. The summed E-state index contributed by atoms with van der Waals surface area (Å²) in [6.07, 6.45) is 0. The van der Waals surface area contributed by atoms with Gasteiger partial charge >= 0.3 is 0 Å². The lowest BCUT2D eigenvalue weighted by Crippen LogP contribution is -2.41. The lowest BCUT2D eigenvalue weighted by molar-refractivity contribution is -0.117. The highest BCUT2D eigenvalue weighted by atomic mass is 32.2. The molecule has 1 amide bonds. The van der Waals surface area contributed by atoms with Crippen molar-refractivity contribution in [1.82, 2.24) is 14.9 Å². The van der Waals surface area contributed by atoms with E-state index in [1.165, 1.54) is 54.3 Å². The van der Waals surface area contributed by atoms with Gasteiger partial charge in [-0.15, -0.1) is 10.2 Å². The van der Waals surface area contributed by atoms with E-state index in [1.807, 2.05) is 0 Å². The fraction of sp³-hybridized carbons (Fsp3) is 0.167. The van der Waals surface area contributed by atoms with E-state index in [2.05, 4.69) is 20.2 Å². The Morgan fingerprint density at radius 1 is 1.14 bits per heavy atom. The van der Waals surface area contributed by atoms with Crippen molar-refractivity contribution >= 4 is 44.2 Å². The van der Waals surface area contributed by atoms with Gasteiger partial charge in [0.2, 0.25) is 21.1 Å². The van der Waals surface area contributed by atoms with Gasteiger partial charge in [0.05, 0.1) is 10.9 Å². The van der Waals surface area contributed by atoms with Gasteiger partial charge in [-0.05, 0) is 36.8 Å². The SMILES string of the molecule is C[C@@H](NS(=O)(=O)c1ccccc1)C(=O)Nc1nnc(SCc2ccc(F)cc2)s1. The van der Waals surface area contributed by atoms with Crippen molar-refractivity contribution in [2.24, 2.45) is 0 Å². The molecule has 7 nitrogen and oxygen atoms in total. The van der Waals surface area contributed by atoms with Crippen molar-refractivity contribution in [3.05, 3.63) is 66.0 Å². The number of halogens is 1. The molecule has 3 aromatic rings. The molecular formula is C18H17FN4O3S3. The van der Waals surface area contributed by atoms with Gasteiger partial charge in [0.25, 0.3) is 0 Å². The topological polar surface area (TPSA) is 101 Å².